The van der Waals surface area contributed by atoms with Crippen LogP contribution in [0.25, 0.3) is 0 Å². The Balaban J connectivity index is 1.97. The highest BCUT2D eigenvalue weighted by Gasteiger charge is 2.09. The first-order valence-electron chi connectivity index (χ1n) is 6.55. The van der Waals surface area contributed by atoms with Crippen LogP contribution >= 0.6 is 23.2 Å². The van der Waals surface area contributed by atoms with Gasteiger partial charge in [-0.2, -0.15) is 0 Å². The summed E-state index contributed by atoms with van der Waals surface area (Å²) in [6.45, 7) is 2.40. The number of amides is 1. The van der Waals surface area contributed by atoms with Crippen LogP contribution < -0.4 is 11.1 Å². The van der Waals surface area contributed by atoms with Crippen LogP contribution in [-0.4, -0.2) is 12.5 Å². The average molecular weight is 323 g/mol. The van der Waals surface area contributed by atoms with Crippen molar-refractivity contribution in [1.82, 2.24) is 5.32 Å². The van der Waals surface area contributed by atoms with Gasteiger partial charge in [0, 0.05) is 22.3 Å². The van der Waals surface area contributed by atoms with Crippen molar-refractivity contribution in [2.75, 3.05) is 12.3 Å². The Morgan fingerprint density at radius 3 is 2.67 bits per heavy atom. The number of rotatable bonds is 4. The van der Waals surface area contributed by atoms with Gasteiger partial charge in [0.15, 0.2) is 0 Å². The summed E-state index contributed by atoms with van der Waals surface area (Å²) < 4.78 is 0. The van der Waals surface area contributed by atoms with Crippen molar-refractivity contribution >= 4 is 34.8 Å². The Hall–Kier alpha value is -1.71. The predicted octanol–water partition coefficient (Wildman–Crippen LogP) is 3.86. The van der Waals surface area contributed by atoms with E-state index in [2.05, 4.69) is 5.32 Å². The molecule has 0 aromatic heterocycles. The summed E-state index contributed by atoms with van der Waals surface area (Å²) in [6.07, 6.45) is 0.632. The summed E-state index contributed by atoms with van der Waals surface area (Å²) in [5, 5.41) is 4.05. The molecule has 0 aliphatic rings. The van der Waals surface area contributed by atoms with E-state index in [0.717, 1.165) is 11.1 Å². The normalized spacial score (nSPS) is 10.4. The molecule has 0 radical (unpaired) electrons. The van der Waals surface area contributed by atoms with Crippen molar-refractivity contribution in [2.45, 2.75) is 13.3 Å². The second kappa shape index (κ2) is 6.83. The third-order valence-electron chi connectivity index (χ3n) is 3.15. The molecule has 3 N–H and O–H groups in total. The van der Waals surface area contributed by atoms with E-state index < -0.39 is 0 Å². The molecule has 0 fully saturated rings. The van der Waals surface area contributed by atoms with Gasteiger partial charge in [-0.15, -0.1) is 0 Å². The predicted molar refractivity (Wildman–Crippen MR) is 88.1 cm³/mol. The highest BCUT2D eigenvalue weighted by atomic mass is 35.5. The highest BCUT2D eigenvalue weighted by Crippen LogP contribution is 2.21. The summed E-state index contributed by atoms with van der Waals surface area (Å²) in [4.78, 5) is 12.1. The number of carbonyl (C=O) groups is 1. The molecule has 5 heteroatoms. The molecule has 0 unspecified atom stereocenters. The maximum absolute atomic E-state index is 12.1. The molecule has 2 rings (SSSR count). The van der Waals surface area contributed by atoms with E-state index in [1.54, 1.807) is 24.3 Å². The molecule has 3 nitrogen and oxygen atoms in total. The molecule has 0 atom stereocenters. The van der Waals surface area contributed by atoms with E-state index in [9.17, 15) is 4.79 Å². The van der Waals surface area contributed by atoms with E-state index in [1.165, 1.54) is 0 Å². The molecule has 0 bridgehead atoms. The lowest BCUT2D eigenvalue weighted by Crippen LogP contribution is -2.26. The van der Waals surface area contributed by atoms with Crippen LogP contribution in [0.4, 0.5) is 5.69 Å². The van der Waals surface area contributed by atoms with Gasteiger partial charge >= 0.3 is 0 Å². The fourth-order valence-corrected chi connectivity index (χ4v) is 2.50. The molecule has 21 heavy (non-hydrogen) atoms. The standard InChI is InChI=1S/C16H16Cl2N2O/c1-10-2-5-15(19)13(8-10)16(21)20-7-6-11-3-4-12(17)9-14(11)18/h2-5,8-9H,6-7,19H2,1H3,(H,20,21). The second-order valence-electron chi connectivity index (χ2n) is 4.83. The average Bonchev–Trinajstić information content (AvgIpc) is 2.43. The van der Waals surface area contributed by atoms with Crippen LogP contribution in [0.3, 0.4) is 0 Å². The molecular formula is C16H16Cl2N2O. The Bertz CT molecular complexity index is 671. The summed E-state index contributed by atoms with van der Waals surface area (Å²) >= 11 is 11.9. The Morgan fingerprint density at radius 2 is 1.95 bits per heavy atom. The number of nitrogens with two attached hydrogens (primary N) is 1. The van der Waals surface area contributed by atoms with Gasteiger partial charge in [0.25, 0.3) is 5.91 Å². The second-order valence-corrected chi connectivity index (χ2v) is 5.68. The fourth-order valence-electron chi connectivity index (χ4n) is 2.00. The number of hydrogen-bond donors (Lipinski definition) is 2. The van der Waals surface area contributed by atoms with Crippen molar-refractivity contribution in [3.8, 4) is 0 Å². The van der Waals surface area contributed by atoms with Crippen LogP contribution in [-0.2, 0) is 6.42 Å². The largest absolute Gasteiger partial charge is 0.398 e. The number of anilines is 1. The number of carbonyl (C=O) groups excluding carboxylic acids is 1. The van der Waals surface area contributed by atoms with Gasteiger partial charge in [-0.1, -0.05) is 40.9 Å². The van der Waals surface area contributed by atoms with Gasteiger partial charge in [0.2, 0.25) is 0 Å². The summed E-state index contributed by atoms with van der Waals surface area (Å²) in [7, 11) is 0. The van der Waals surface area contributed by atoms with Gasteiger partial charge < -0.3 is 11.1 Å². The Kier molecular flexibility index (Phi) is 5.10. The third kappa shape index (κ3) is 4.13. The highest BCUT2D eigenvalue weighted by molar-refractivity contribution is 6.35. The van der Waals surface area contributed by atoms with E-state index in [1.807, 2.05) is 19.1 Å². The van der Waals surface area contributed by atoms with Gasteiger partial charge in [-0.05, 0) is 43.2 Å². The molecule has 0 spiro atoms. The van der Waals surface area contributed by atoms with Crippen molar-refractivity contribution in [3.05, 3.63) is 63.1 Å². The third-order valence-corrected chi connectivity index (χ3v) is 3.74. The first-order chi connectivity index (χ1) is 9.97. The molecule has 2 aromatic rings. The molecule has 2 aromatic carbocycles. The van der Waals surface area contributed by atoms with Gasteiger partial charge in [0.1, 0.15) is 0 Å². The van der Waals surface area contributed by atoms with Crippen LogP contribution in [0.2, 0.25) is 10.0 Å². The molecule has 0 heterocycles. The number of nitrogen functional groups attached to an aromatic ring is 1. The van der Waals surface area contributed by atoms with E-state index >= 15 is 0 Å². The summed E-state index contributed by atoms with van der Waals surface area (Å²) in [5.74, 6) is -0.179. The van der Waals surface area contributed by atoms with Gasteiger partial charge in [0.05, 0.1) is 5.56 Å². The number of benzene rings is 2. The van der Waals surface area contributed by atoms with Crippen LogP contribution in [0.1, 0.15) is 21.5 Å². The molecule has 0 aliphatic carbocycles. The van der Waals surface area contributed by atoms with Gasteiger partial charge in [-0.25, -0.2) is 0 Å². The Labute approximate surface area is 134 Å². The lowest BCUT2D eigenvalue weighted by Gasteiger charge is -2.09. The first kappa shape index (κ1) is 15.7. The minimum absolute atomic E-state index is 0.179. The number of halogens is 2. The van der Waals surface area contributed by atoms with Crippen LogP contribution in [0.5, 0.6) is 0 Å². The minimum atomic E-state index is -0.179. The molecule has 110 valence electrons. The molecule has 0 aliphatic heterocycles. The number of nitrogens with one attached hydrogen (secondary N) is 1. The van der Waals surface area contributed by atoms with E-state index in [4.69, 9.17) is 28.9 Å². The number of aryl methyl sites for hydroxylation is 1. The van der Waals surface area contributed by atoms with Gasteiger partial charge in [-0.3, -0.25) is 4.79 Å². The first-order valence-corrected chi connectivity index (χ1v) is 7.31. The Morgan fingerprint density at radius 1 is 1.19 bits per heavy atom. The van der Waals surface area contributed by atoms with E-state index in [0.29, 0.717) is 34.3 Å². The lowest BCUT2D eigenvalue weighted by molar-refractivity contribution is 0.0955. The molecular weight excluding hydrogens is 307 g/mol. The minimum Gasteiger partial charge on any atom is -0.398 e. The zero-order chi connectivity index (χ0) is 15.4. The fraction of sp³-hybridized carbons (Fsp3) is 0.188. The number of hydrogen-bond acceptors (Lipinski definition) is 2. The zero-order valence-electron chi connectivity index (χ0n) is 11.6. The molecule has 0 saturated heterocycles. The van der Waals surface area contributed by atoms with Crippen molar-refractivity contribution < 1.29 is 4.79 Å². The SMILES string of the molecule is Cc1ccc(N)c(C(=O)NCCc2ccc(Cl)cc2Cl)c1. The quantitative estimate of drug-likeness (QED) is 0.840. The maximum Gasteiger partial charge on any atom is 0.253 e. The summed E-state index contributed by atoms with van der Waals surface area (Å²) in [5.41, 5.74) is 8.73. The topological polar surface area (TPSA) is 55.1 Å². The van der Waals surface area contributed by atoms with Crippen molar-refractivity contribution in [3.63, 3.8) is 0 Å². The van der Waals surface area contributed by atoms with Crippen LogP contribution in [0.15, 0.2) is 36.4 Å². The summed E-state index contributed by atoms with van der Waals surface area (Å²) in [6, 6.07) is 10.7. The smallest absolute Gasteiger partial charge is 0.253 e. The molecule has 0 saturated carbocycles. The van der Waals surface area contributed by atoms with Crippen molar-refractivity contribution in [2.24, 2.45) is 0 Å². The lowest BCUT2D eigenvalue weighted by atomic mass is 10.1. The monoisotopic (exact) mass is 322 g/mol. The maximum atomic E-state index is 12.1. The zero-order valence-corrected chi connectivity index (χ0v) is 13.1. The van der Waals surface area contributed by atoms with Crippen LogP contribution in [0, 0.1) is 6.92 Å². The van der Waals surface area contributed by atoms with E-state index in [-0.39, 0.29) is 5.91 Å². The van der Waals surface area contributed by atoms with Crippen molar-refractivity contribution in [1.29, 1.82) is 0 Å². The molecule has 1 amide bonds.